The molecule has 0 spiro atoms. The molecule has 168 valence electrons. The van der Waals surface area contributed by atoms with Gasteiger partial charge in [-0.25, -0.2) is 8.42 Å². The van der Waals surface area contributed by atoms with Crippen molar-refractivity contribution in [1.29, 1.82) is 0 Å². The van der Waals surface area contributed by atoms with Crippen molar-refractivity contribution >= 4 is 33.2 Å². The SMILES string of the molecule is CCN(CC)S(=O)(=O)c1ccc(Cl)c(C(=O)Nc2ccc(CCN3CCCC3)cc2)c1. The van der Waals surface area contributed by atoms with Crippen LogP contribution in [0.4, 0.5) is 5.69 Å². The van der Waals surface area contributed by atoms with Crippen LogP contribution in [0, 0.1) is 0 Å². The zero-order chi connectivity index (χ0) is 22.4. The molecule has 2 aromatic rings. The second-order valence-corrected chi connectivity index (χ2v) is 10.0. The Bertz CT molecular complexity index is 999. The third-order valence-electron chi connectivity index (χ3n) is 5.65. The first kappa shape index (κ1) is 23.7. The average Bonchev–Trinajstić information content (AvgIpc) is 3.27. The molecule has 0 saturated carbocycles. The fourth-order valence-corrected chi connectivity index (χ4v) is 5.49. The van der Waals surface area contributed by atoms with E-state index in [9.17, 15) is 13.2 Å². The van der Waals surface area contributed by atoms with Gasteiger partial charge in [0.1, 0.15) is 0 Å². The third kappa shape index (κ3) is 5.86. The molecule has 31 heavy (non-hydrogen) atoms. The van der Waals surface area contributed by atoms with E-state index in [1.165, 1.54) is 54.0 Å². The first-order valence-corrected chi connectivity index (χ1v) is 12.6. The number of halogens is 1. The molecule has 1 fully saturated rings. The minimum absolute atomic E-state index is 0.0583. The predicted octanol–water partition coefficient (Wildman–Crippen LogP) is 4.26. The lowest BCUT2D eigenvalue weighted by Crippen LogP contribution is -2.30. The Balaban J connectivity index is 1.69. The molecule has 0 aromatic heterocycles. The largest absolute Gasteiger partial charge is 0.322 e. The summed E-state index contributed by atoms with van der Waals surface area (Å²) < 4.78 is 26.9. The van der Waals surface area contributed by atoms with E-state index in [-0.39, 0.29) is 15.5 Å². The number of rotatable bonds is 9. The summed E-state index contributed by atoms with van der Waals surface area (Å²) in [6, 6.07) is 12.0. The van der Waals surface area contributed by atoms with Crippen LogP contribution < -0.4 is 5.32 Å². The number of hydrogen-bond acceptors (Lipinski definition) is 4. The molecule has 6 nitrogen and oxygen atoms in total. The Morgan fingerprint density at radius 1 is 1.06 bits per heavy atom. The van der Waals surface area contributed by atoms with E-state index in [0.717, 1.165) is 13.0 Å². The summed E-state index contributed by atoms with van der Waals surface area (Å²) in [6.45, 7) is 7.67. The molecule has 1 aliphatic rings. The minimum Gasteiger partial charge on any atom is -0.322 e. The topological polar surface area (TPSA) is 69.7 Å². The van der Waals surface area contributed by atoms with E-state index < -0.39 is 15.9 Å². The number of anilines is 1. The number of carbonyl (C=O) groups excluding carboxylic acids is 1. The molecule has 1 amide bonds. The van der Waals surface area contributed by atoms with Crippen LogP contribution in [0.2, 0.25) is 5.02 Å². The highest BCUT2D eigenvalue weighted by molar-refractivity contribution is 7.89. The summed E-state index contributed by atoms with van der Waals surface area (Å²) in [5.74, 6) is -0.439. The third-order valence-corrected chi connectivity index (χ3v) is 8.03. The quantitative estimate of drug-likeness (QED) is 0.603. The lowest BCUT2D eigenvalue weighted by atomic mass is 10.1. The van der Waals surface area contributed by atoms with Gasteiger partial charge in [0.15, 0.2) is 0 Å². The van der Waals surface area contributed by atoms with E-state index in [1.54, 1.807) is 13.8 Å². The molecule has 1 aliphatic heterocycles. The van der Waals surface area contributed by atoms with Crippen molar-refractivity contribution in [3.05, 3.63) is 58.6 Å². The number of sulfonamides is 1. The number of hydrogen-bond donors (Lipinski definition) is 1. The van der Waals surface area contributed by atoms with Gasteiger partial charge in [-0.1, -0.05) is 37.6 Å². The van der Waals surface area contributed by atoms with E-state index in [1.807, 2.05) is 24.3 Å². The molecule has 3 rings (SSSR count). The Morgan fingerprint density at radius 3 is 2.32 bits per heavy atom. The van der Waals surface area contributed by atoms with Crippen LogP contribution in [0.3, 0.4) is 0 Å². The monoisotopic (exact) mass is 463 g/mol. The fourth-order valence-electron chi connectivity index (χ4n) is 3.80. The molecule has 1 heterocycles. The van der Waals surface area contributed by atoms with Crippen LogP contribution in [0.5, 0.6) is 0 Å². The van der Waals surface area contributed by atoms with Crippen molar-refractivity contribution in [1.82, 2.24) is 9.21 Å². The molecule has 0 bridgehead atoms. The summed E-state index contributed by atoms with van der Waals surface area (Å²) in [6.07, 6.45) is 3.54. The smallest absolute Gasteiger partial charge is 0.257 e. The minimum atomic E-state index is -3.68. The number of benzene rings is 2. The summed E-state index contributed by atoms with van der Waals surface area (Å²) in [5.41, 5.74) is 1.99. The van der Waals surface area contributed by atoms with E-state index in [4.69, 9.17) is 11.6 Å². The first-order chi connectivity index (χ1) is 14.8. The van der Waals surface area contributed by atoms with Crippen LogP contribution in [0.1, 0.15) is 42.6 Å². The Morgan fingerprint density at radius 2 is 1.71 bits per heavy atom. The van der Waals surface area contributed by atoms with Crippen LogP contribution in [0.15, 0.2) is 47.4 Å². The number of nitrogens with zero attached hydrogens (tertiary/aromatic N) is 2. The van der Waals surface area contributed by atoms with E-state index in [0.29, 0.717) is 18.8 Å². The normalized spacial score (nSPS) is 14.8. The molecule has 8 heteroatoms. The van der Waals surface area contributed by atoms with Gasteiger partial charge in [-0.3, -0.25) is 4.79 Å². The number of nitrogens with one attached hydrogen (secondary N) is 1. The van der Waals surface area contributed by atoms with E-state index in [2.05, 4.69) is 10.2 Å². The second-order valence-electron chi connectivity index (χ2n) is 7.68. The number of amides is 1. The maximum atomic E-state index is 12.8. The maximum absolute atomic E-state index is 12.8. The Hall–Kier alpha value is -1.93. The molecular weight excluding hydrogens is 434 g/mol. The second kappa shape index (κ2) is 10.6. The predicted molar refractivity (Wildman–Crippen MR) is 125 cm³/mol. The molecule has 1 saturated heterocycles. The summed E-state index contributed by atoms with van der Waals surface area (Å²) in [4.78, 5) is 15.3. The Kier molecular flexibility index (Phi) is 8.11. The zero-order valence-electron chi connectivity index (χ0n) is 18.1. The summed E-state index contributed by atoms with van der Waals surface area (Å²) >= 11 is 6.21. The van der Waals surface area contributed by atoms with Gasteiger partial charge in [0.2, 0.25) is 10.0 Å². The van der Waals surface area contributed by atoms with Crippen molar-refractivity contribution in [2.75, 3.05) is 38.0 Å². The van der Waals surface area contributed by atoms with E-state index >= 15 is 0 Å². The molecule has 0 radical (unpaired) electrons. The molecule has 0 aliphatic carbocycles. The van der Waals surface area contributed by atoms with Crippen LogP contribution in [-0.4, -0.2) is 56.3 Å². The lowest BCUT2D eigenvalue weighted by molar-refractivity contribution is 0.102. The van der Waals surface area contributed by atoms with Crippen LogP contribution in [0.25, 0.3) is 0 Å². The van der Waals surface area contributed by atoms with Gasteiger partial charge < -0.3 is 10.2 Å². The van der Waals surface area contributed by atoms with Crippen LogP contribution in [-0.2, 0) is 16.4 Å². The van der Waals surface area contributed by atoms with Gasteiger partial charge in [0.05, 0.1) is 15.5 Å². The van der Waals surface area contributed by atoms with Crippen molar-refractivity contribution in [2.45, 2.75) is 38.0 Å². The van der Waals surface area contributed by atoms with Gasteiger partial charge in [0, 0.05) is 25.3 Å². The molecular formula is C23H30ClN3O3S. The maximum Gasteiger partial charge on any atom is 0.257 e. The van der Waals surface area contributed by atoms with Crippen molar-refractivity contribution in [3.8, 4) is 0 Å². The van der Waals surface area contributed by atoms with Crippen LogP contribution >= 0.6 is 11.6 Å². The molecule has 1 N–H and O–H groups in total. The van der Waals surface area contributed by atoms with Gasteiger partial charge in [-0.05, 0) is 68.2 Å². The summed E-state index contributed by atoms with van der Waals surface area (Å²) in [5, 5.41) is 3.02. The highest BCUT2D eigenvalue weighted by Crippen LogP contribution is 2.24. The average molecular weight is 464 g/mol. The highest BCUT2D eigenvalue weighted by Gasteiger charge is 2.24. The number of carbonyl (C=O) groups is 1. The van der Waals surface area contributed by atoms with Gasteiger partial charge in [-0.15, -0.1) is 0 Å². The van der Waals surface area contributed by atoms with Crippen molar-refractivity contribution in [2.24, 2.45) is 0 Å². The molecule has 0 atom stereocenters. The van der Waals surface area contributed by atoms with Gasteiger partial charge in [-0.2, -0.15) is 4.31 Å². The van der Waals surface area contributed by atoms with Crippen molar-refractivity contribution in [3.63, 3.8) is 0 Å². The summed E-state index contributed by atoms with van der Waals surface area (Å²) in [7, 11) is -3.68. The first-order valence-electron chi connectivity index (χ1n) is 10.8. The van der Waals surface area contributed by atoms with Gasteiger partial charge >= 0.3 is 0 Å². The highest BCUT2D eigenvalue weighted by atomic mass is 35.5. The number of likely N-dealkylation sites (tertiary alicyclic amines) is 1. The Labute approximate surface area is 190 Å². The van der Waals surface area contributed by atoms with Gasteiger partial charge in [0.25, 0.3) is 5.91 Å². The fraction of sp³-hybridized carbons (Fsp3) is 0.435. The lowest BCUT2D eigenvalue weighted by Gasteiger charge is -2.19. The molecule has 0 unspecified atom stereocenters. The standard InChI is InChI=1S/C23H30ClN3O3S/c1-3-27(4-2)31(29,30)20-11-12-22(24)21(17-20)23(28)25-19-9-7-18(8-10-19)13-16-26-14-5-6-15-26/h7-12,17H,3-6,13-16H2,1-2H3,(H,25,28). The molecule has 2 aromatic carbocycles. The zero-order valence-corrected chi connectivity index (χ0v) is 19.7. The van der Waals surface area contributed by atoms with Crippen molar-refractivity contribution < 1.29 is 13.2 Å².